The van der Waals surface area contributed by atoms with Crippen molar-refractivity contribution >= 4 is 23.4 Å². The molecular formula is C17H18N4O2S. The molecule has 0 aliphatic rings. The number of nitrogens with zero attached hydrogens (tertiary/aromatic N) is 3. The summed E-state index contributed by atoms with van der Waals surface area (Å²) in [6, 6.07) is 5.57. The van der Waals surface area contributed by atoms with Gasteiger partial charge >= 0.3 is 0 Å². The van der Waals surface area contributed by atoms with Gasteiger partial charge in [-0.05, 0) is 38.0 Å². The van der Waals surface area contributed by atoms with E-state index in [1.54, 1.807) is 12.1 Å². The maximum absolute atomic E-state index is 12.1. The van der Waals surface area contributed by atoms with Crippen LogP contribution >= 0.6 is 11.8 Å². The number of nitriles is 1. The van der Waals surface area contributed by atoms with Crippen molar-refractivity contribution in [3.05, 3.63) is 40.7 Å². The third kappa shape index (κ3) is 4.03. The smallest absolute Gasteiger partial charge is 0.234 e. The second-order valence-corrected chi connectivity index (χ2v) is 6.13. The average molecular weight is 342 g/mol. The molecule has 24 heavy (non-hydrogen) atoms. The molecule has 0 fully saturated rings. The van der Waals surface area contributed by atoms with Crippen LogP contribution in [0.3, 0.4) is 0 Å². The highest BCUT2D eigenvalue weighted by Gasteiger charge is 2.14. The molecule has 0 aliphatic carbocycles. The summed E-state index contributed by atoms with van der Waals surface area (Å²) in [5.41, 5.74) is 3.90. The van der Waals surface area contributed by atoms with E-state index >= 15 is 0 Å². The highest BCUT2D eigenvalue weighted by atomic mass is 32.2. The standard InChI is InChI=1S/C17H18N4O2S/c1-10-11(2)14(7-18)17(20-12(10)3)24-9-15(22)21-13-5-6-16(23-4)19-8-13/h5-6,8H,9H2,1-4H3,(H,21,22). The molecule has 0 aromatic carbocycles. The normalized spacial score (nSPS) is 10.1. The minimum Gasteiger partial charge on any atom is -0.481 e. The van der Waals surface area contributed by atoms with Crippen LogP contribution in [0.4, 0.5) is 5.69 Å². The van der Waals surface area contributed by atoms with Crippen molar-refractivity contribution in [2.24, 2.45) is 0 Å². The summed E-state index contributed by atoms with van der Waals surface area (Å²) in [6.45, 7) is 5.74. The number of aryl methyl sites for hydroxylation is 1. The number of rotatable bonds is 5. The van der Waals surface area contributed by atoms with Gasteiger partial charge in [-0.1, -0.05) is 11.8 Å². The van der Waals surface area contributed by atoms with Gasteiger partial charge in [-0.2, -0.15) is 5.26 Å². The molecule has 0 atom stereocenters. The Hall–Kier alpha value is -2.59. The molecule has 0 spiro atoms. The maximum atomic E-state index is 12.1. The Morgan fingerprint density at radius 1 is 1.33 bits per heavy atom. The van der Waals surface area contributed by atoms with Crippen LogP contribution in [-0.2, 0) is 4.79 Å². The average Bonchev–Trinajstić information content (AvgIpc) is 2.58. The Balaban J connectivity index is 2.05. The van der Waals surface area contributed by atoms with E-state index in [-0.39, 0.29) is 11.7 Å². The van der Waals surface area contributed by atoms with Gasteiger partial charge in [-0.25, -0.2) is 9.97 Å². The largest absolute Gasteiger partial charge is 0.481 e. The second kappa shape index (κ2) is 7.79. The van der Waals surface area contributed by atoms with Crippen molar-refractivity contribution in [1.82, 2.24) is 9.97 Å². The van der Waals surface area contributed by atoms with Gasteiger partial charge in [0.15, 0.2) is 0 Å². The van der Waals surface area contributed by atoms with Gasteiger partial charge in [-0.15, -0.1) is 0 Å². The van der Waals surface area contributed by atoms with Crippen molar-refractivity contribution in [1.29, 1.82) is 5.26 Å². The fourth-order valence-corrected chi connectivity index (χ4v) is 2.94. The maximum Gasteiger partial charge on any atom is 0.234 e. The number of methoxy groups -OCH3 is 1. The number of hydrogen-bond donors (Lipinski definition) is 1. The van der Waals surface area contributed by atoms with Crippen molar-refractivity contribution in [3.63, 3.8) is 0 Å². The lowest BCUT2D eigenvalue weighted by molar-refractivity contribution is -0.113. The van der Waals surface area contributed by atoms with Gasteiger partial charge in [0, 0.05) is 11.8 Å². The lowest BCUT2D eigenvalue weighted by Gasteiger charge is -2.11. The van der Waals surface area contributed by atoms with E-state index in [9.17, 15) is 10.1 Å². The number of amides is 1. The zero-order valence-electron chi connectivity index (χ0n) is 14.0. The summed E-state index contributed by atoms with van der Waals surface area (Å²) < 4.78 is 4.97. The van der Waals surface area contributed by atoms with Crippen LogP contribution in [0.15, 0.2) is 23.4 Å². The molecule has 7 heteroatoms. The Kier molecular flexibility index (Phi) is 5.77. The van der Waals surface area contributed by atoms with Gasteiger partial charge in [0.2, 0.25) is 11.8 Å². The highest BCUT2D eigenvalue weighted by molar-refractivity contribution is 8.00. The molecule has 0 saturated carbocycles. The molecule has 1 N–H and O–H groups in total. The Morgan fingerprint density at radius 2 is 2.08 bits per heavy atom. The SMILES string of the molecule is COc1ccc(NC(=O)CSc2nc(C)c(C)c(C)c2C#N)cn1. The minimum atomic E-state index is -0.187. The molecule has 0 unspecified atom stereocenters. The highest BCUT2D eigenvalue weighted by Crippen LogP contribution is 2.26. The van der Waals surface area contributed by atoms with E-state index < -0.39 is 0 Å². The third-order valence-electron chi connectivity index (χ3n) is 3.64. The zero-order chi connectivity index (χ0) is 17.7. The van der Waals surface area contributed by atoms with Gasteiger partial charge in [0.1, 0.15) is 11.1 Å². The first-order chi connectivity index (χ1) is 11.5. The number of carbonyl (C=O) groups excluding carboxylic acids is 1. The van der Waals surface area contributed by atoms with E-state index in [0.717, 1.165) is 16.8 Å². The van der Waals surface area contributed by atoms with Crippen molar-refractivity contribution < 1.29 is 9.53 Å². The van der Waals surface area contributed by atoms with E-state index in [4.69, 9.17) is 4.74 Å². The molecule has 2 heterocycles. The molecule has 0 radical (unpaired) electrons. The first kappa shape index (κ1) is 17.8. The van der Waals surface area contributed by atoms with Crippen LogP contribution in [0.5, 0.6) is 5.88 Å². The van der Waals surface area contributed by atoms with Crippen LogP contribution in [0.25, 0.3) is 0 Å². The lowest BCUT2D eigenvalue weighted by Crippen LogP contribution is -2.14. The quantitative estimate of drug-likeness (QED) is 0.840. The summed E-state index contributed by atoms with van der Waals surface area (Å²) in [5.74, 6) is 0.458. The number of nitrogens with one attached hydrogen (secondary N) is 1. The number of pyridine rings is 2. The van der Waals surface area contributed by atoms with Crippen molar-refractivity contribution in [2.75, 3.05) is 18.2 Å². The molecule has 0 aliphatic heterocycles. The molecule has 2 aromatic rings. The minimum absolute atomic E-state index is 0.162. The van der Waals surface area contributed by atoms with E-state index in [0.29, 0.717) is 22.2 Å². The van der Waals surface area contributed by atoms with E-state index in [1.807, 2.05) is 20.8 Å². The number of thioether (sulfide) groups is 1. The summed E-state index contributed by atoms with van der Waals surface area (Å²) in [4.78, 5) is 20.5. The van der Waals surface area contributed by atoms with Gasteiger partial charge in [-0.3, -0.25) is 4.79 Å². The molecule has 2 aromatic heterocycles. The number of anilines is 1. The van der Waals surface area contributed by atoms with Crippen LogP contribution < -0.4 is 10.1 Å². The first-order valence-corrected chi connectivity index (χ1v) is 8.25. The molecule has 0 bridgehead atoms. The molecular weight excluding hydrogens is 324 g/mol. The Morgan fingerprint density at radius 3 is 2.67 bits per heavy atom. The molecule has 0 saturated heterocycles. The Bertz CT molecular complexity index is 798. The summed E-state index contributed by atoms with van der Waals surface area (Å²) in [7, 11) is 1.53. The number of aromatic nitrogens is 2. The van der Waals surface area contributed by atoms with Crippen LogP contribution in [0, 0.1) is 32.1 Å². The topological polar surface area (TPSA) is 87.9 Å². The van der Waals surface area contributed by atoms with Gasteiger partial charge < -0.3 is 10.1 Å². The fourth-order valence-electron chi connectivity index (χ4n) is 2.05. The fraction of sp³-hybridized carbons (Fsp3) is 0.294. The summed E-state index contributed by atoms with van der Waals surface area (Å²) in [5, 5.41) is 12.7. The first-order valence-electron chi connectivity index (χ1n) is 7.26. The molecule has 6 nitrogen and oxygen atoms in total. The lowest BCUT2D eigenvalue weighted by atomic mass is 10.1. The number of carbonyl (C=O) groups is 1. The van der Waals surface area contributed by atoms with E-state index in [2.05, 4.69) is 21.4 Å². The molecule has 2 rings (SSSR count). The monoisotopic (exact) mass is 342 g/mol. The van der Waals surface area contributed by atoms with Crippen LogP contribution in [0.1, 0.15) is 22.4 Å². The van der Waals surface area contributed by atoms with Gasteiger partial charge in [0.25, 0.3) is 0 Å². The van der Waals surface area contributed by atoms with E-state index in [1.165, 1.54) is 25.1 Å². The summed E-state index contributed by atoms with van der Waals surface area (Å²) >= 11 is 1.25. The predicted molar refractivity (Wildman–Crippen MR) is 93.3 cm³/mol. The third-order valence-corrected chi connectivity index (χ3v) is 4.62. The number of ether oxygens (including phenoxy) is 1. The Labute approximate surface area is 145 Å². The van der Waals surface area contributed by atoms with Gasteiger partial charge in [0.05, 0.1) is 30.3 Å². The zero-order valence-corrected chi connectivity index (χ0v) is 14.8. The van der Waals surface area contributed by atoms with Crippen molar-refractivity contribution in [3.8, 4) is 11.9 Å². The number of hydrogen-bond acceptors (Lipinski definition) is 6. The van der Waals surface area contributed by atoms with Crippen molar-refractivity contribution in [2.45, 2.75) is 25.8 Å². The van der Waals surface area contributed by atoms with Crippen LogP contribution in [-0.4, -0.2) is 28.7 Å². The van der Waals surface area contributed by atoms with Crippen LogP contribution in [0.2, 0.25) is 0 Å². The predicted octanol–water partition coefficient (Wildman–Crippen LogP) is 3.01. The summed E-state index contributed by atoms with van der Waals surface area (Å²) in [6.07, 6.45) is 1.53. The second-order valence-electron chi connectivity index (χ2n) is 5.17. The molecule has 124 valence electrons. The molecule has 1 amide bonds.